The smallest absolute Gasteiger partial charge is 0.128 e. The van der Waals surface area contributed by atoms with Gasteiger partial charge in [-0.1, -0.05) is 24.3 Å². The maximum absolute atomic E-state index is 13.8. The molecular weight excluding hydrogens is 267 g/mol. The highest BCUT2D eigenvalue weighted by Crippen LogP contribution is 2.33. The molecule has 0 bridgehead atoms. The van der Waals surface area contributed by atoms with Gasteiger partial charge in [0.1, 0.15) is 11.6 Å². The molecule has 0 aromatic heterocycles. The predicted molar refractivity (Wildman–Crippen MR) is 84.1 cm³/mol. The van der Waals surface area contributed by atoms with Crippen molar-refractivity contribution in [2.75, 3.05) is 19.1 Å². The topological polar surface area (TPSA) is 38.5 Å². The number of hydrogen-bond donors (Lipinski definition) is 1. The number of anilines is 1. The Kier molecular flexibility index (Phi) is 4.81. The van der Waals surface area contributed by atoms with E-state index in [1.54, 1.807) is 19.2 Å². The number of benzene rings is 2. The highest BCUT2D eigenvalue weighted by atomic mass is 19.1. The number of rotatable bonds is 5. The second kappa shape index (κ2) is 6.59. The molecule has 1 atom stereocenters. The van der Waals surface area contributed by atoms with Crippen molar-refractivity contribution < 1.29 is 9.13 Å². The minimum atomic E-state index is -0.199. The summed E-state index contributed by atoms with van der Waals surface area (Å²) >= 11 is 0. The number of halogens is 1. The molecule has 2 rings (SSSR count). The lowest BCUT2D eigenvalue weighted by atomic mass is 10.0. The summed E-state index contributed by atoms with van der Waals surface area (Å²) in [4.78, 5) is 1.99. The fourth-order valence-corrected chi connectivity index (χ4v) is 2.47. The second-order valence-corrected chi connectivity index (χ2v) is 5.13. The maximum Gasteiger partial charge on any atom is 0.128 e. The van der Waals surface area contributed by atoms with Crippen molar-refractivity contribution in [1.82, 2.24) is 0 Å². The Morgan fingerprint density at radius 1 is 1.19 bits per heavy atom. The van der Waals surface area contributed by atoms with E-state index in [0.717, 1.165) is 17.0 Å². The van der Waals surface area contributed by atoms with Gasteiger partial charge in [-0.3, -0.25) is 0 Å². The molecule has 3 nitrogen and oxygen atoms in total. The Bertz CT molecular complexity index is 613. The largest absolute Gasteiger partial charge is 0.496 e. The van der Waals surface area contributed by atoms with E-state index >= 15 is 0 Å². The molecule has 0 amide bonds. The van der Waals surface area contributed by atoms with Crippen LogP contribution in [0, 0.1) is 5.82 Å². The highest BCUT2D eigenvalue weighted by Gasteiger charge is 2.16. The lowest BCUT2D eigenvalue weighted by molar-refractivity contribution is 0.407. The van der Waals surface area contributed by atoms with E-state index in [4.69, 9.17) is 10.5 Å². The van der Waals surface area contributed by atoms with Gasteiger partial charge in [0.2, 0.25) is 0 Å². The third kappa shape index (κ3) is 3.34. The molecular formula is C17H21FN2O. The van der Waals surface area contributed by atoms with Crippen LogP contribution < -0.4 is 15.4 Å². The van der Waals surface area contributed by atoms with Crippen LogP contribution in [0.15, 0.2) is 42.5 Å². The third-order valence-electron chi connectivity index (χ3n) is 3.49. The first kappa shape index (κ1) is 15.3. The van der Waals surface area contributed by atoms with E-state index in [2.05, 4.69) is 0 Å². The Morgan fingerprint density at radius 3 is 2.52 bits per heavy atom. The predicted octanol–water partition coefficient (Wildman–Crippen LogP) is 3.49. The minimum absolute atomic E-state index is 0.167. The van der Waals surface area contributed by atoms with E-state index in [1.165, 1.54) is 6.07 Å². The average molecular weight is 288 g/mol. The summed E-state index contributed by atoms with van der Waals surface area (Å²) in [5.74, 6) is 0.553. The monoisotopic (exact) mass is 288 g/mol. The van der Waals surface area contributed by atoms with Crippen molar-refractivity contribution in [3.63, 3.8) is 0 Å². The molecule has 0 spiro atoms. The van der Waals surface area contributed by atoms with Crippen LogP contribution >= 0.6 is 0 Å². The van der Waals surface area contributed by atoms with Gasteiger partial charge in [0.15, 0.2) is 0 Å². The Labute approximate surface area is 125 Å². The Morgan fingerprint density at radius 2 is 1.90 bits per heavy atom. The molecule has 0 fully saturated rings. The van der Waals surface area contributed by atoms with Gasteiger partial charge in [-0.2, -0.15) is 0 Å². The first-order valence-corrected chi connectivity index (χ1v) is 6.91. The average Bonchev–Trinajstić information content (AvgIpc) is 2.48. The van der Waals surface area contributed by atoms with E-state index in [-0.39, 0.29) is 11.9 Å². The fourth-order valence-electron chi connectivity index (χ4n) is 2.47. The highest BCUT2D eigenvalue weighted by molar-refractivity contribution is 5.60. The maximum atomic E-state index is 13.8. The molecule has 0 heterocycles. The number of methoxy groups -OCH3 is 1. The van der Waals surface area contributed by atoms with Gasteiger partial charge in [0, 0.05) is 36.4 Å². The van der Waals surface area contributed by atoms with Crippen LogP contribution in [0.1, 0.15) is 24.1 Å². The van der Waals surface area contributed by atoms with Crippen molar-refractivity contribution in [2.45, 2.75) is 19.5 Å². The summed E-state index contributed by atoms with van der Waals surface area (Å²) in [6, 6.07) is 12.4. The number of nitrogens with two attached hydrogens (primary N) is 1. The molecule has 1 unspecified atom stereocenters. The number of hydrogen-bond acceptors (Lipinski definition) is 3. The van der Waals surface area contributed by atoms with Crippen molar-refractivity contribution in [3.05, 3.63) is 59.4 Å². The zero-order chi connectivity index (χ0) is 15.4. The third-order valence-corrected chi connectivity index (χ3v) is 3.49. The summed E-state index contributed by atoms with van der Waals surface area (Å²) in [6.07, 6.45) is 0. The molecule has 2 aromatic carbocycles. The van der Waals surface area contributed by atoms with E-state index in [9.17, 15) is 4.39 Å². The van der Waals surface area contributed by atoms with Crippen molar-refractivity contribution in [1.29, 1.82) is 0 Å². The van der Waals surface area contributed by atoms with Crippen LogP contribution in [0.5, 0.6) is 5.75 Å². The summed E-state index contributed by atoms with van der Waals surface area (Å²) in [6.45, 7) is 2.39. The van der Waals surface area contributed by atoms with Gasteiger partial charge in [-0.15, -0.1) is 0 Å². The van der Waals surface area contributed by atoms with Gasteiger partial charge in [0.25, 0.3) is 0 Å². The lowest BCUT2D eigenvalue weighted by Crippen LogP contribution is -2.21. The van der Waals surface area contributed by atoms with Crippen molar-refractivity contribution in [3.8, 4) is 5.75 Å². The van der Waals surface area contributed by atoms with Gasteiger partial charge in [-0.25, -0.2) is 4.39 Å². The van der Waals surface area contributed by atoms with Gasteiger partial charge in [-0.05, 0) is 25.1 Å². The van der Waals surface area contributed by atoms with Crippen molar-refractivity contribution >= 4 is 5.69 Å². The number of nitrogens with zero attached hydrogens (tertiary/aromatic N) is 1. The molecule has 2 N–H and O–H groups in total. The van der Waals surface area contributed by atoms with Gasteiger partial charge >= 0.3 is 0 Å². The molecule has 0 saturated carbocycles. The van der Waals surface area contributed by atoms with Gasteiger partial charge in [0.05, 0.1) is 7.11 Å². The molecule has 0 saturated heterocycles. The first-order chi connectivity index (χ1) is 10.0. The number of ether oxygens (including phenoxy) is 1. The van der Waals surface area contributed by atoms with E-state index in [0.29, 0.717) is 12.1 Å². The van der Waals surface area contributed by atoms with Crippen LogP contribution in [0.25, 0.3) is 0 Å². The molecule has 0 aliphatic heterocycles. The van der Waals surface area contributed by atoms with Gasteiger partial charge < -0.3 is 15.4 Å². The standard InChI is InChI=1S/C17H21FN2O/c1-12(19)17-15(9-6-10-16(17)21-3)20(2)11-13-7-4-5-8-14(13)18/h4-10,12H,11,19H2,1-3H3. The van der Waals surface area contributed by atoms with E-state index < -0.39 is 0 Å². The zero-order valence-corrected chi connectivity index (χ0v) is 12.6. The molecule has 4 heteroatoms. The van der Waals surface area contributed by atoms with Crippen LogP contribution in [0.4, 0.5) is 10.1 Å². The lowest BCUT2D eigenvalue weighted by Gasteiger charge is -2.25. The Hall–Kier alpha value is -2.07. The van der Waals surface area contributed by atoms with E-state index in [1.807, 2.05) is 43.1 Å². The molecule has 0 radical (unpaired) electrons. The molecule has 112 valence electrons. The zero-order valence-electron chi connectivity index (χ0n) is 12.6. The van der Waals surface area contributed by atoms with Crippen LogP contribution in [-0.2, 0) is 6.54 Å². The summed E-state index contributed by atoms with van der Waals surface area (Å²) in [7, 11) is 3.55. The fraction of sp³-hybridized carbons (Fsp3) is 0.294. The summed E-state index contributed by atoms with van der Waals surface area (Å²) in [5, 5.41) is 0. The second-order valence-electron chi connectivity index (χ2n) is 5.13. The summed E-state index contributed by atoms with van der Waals surface area (Å²) < 4.78 is 19.2. The van der Waals surface area contributed by atoms with Crippen LogP contribution in [0.3, 0.4) is 0 Å². The normalized spacial score (nSPS) is 12.0. The quantitative estimate of drug-likeness (QED) is 0.915. The molecule has 2 aromatic rings. The van der Waals surface area contributed by atoms with Crippen LogP contribution in [0.2, 0.25) is 0 Å². The summed E-state index contributed by atoms with van der Waals surface area (Å²) in [5.41, 5.74) is 8.60. The molecule has 21 heavy (non-hydrogen) atoms. The molecule has 0 aliphatic carbocycles. The van der Waals surface area contributed by atoms with Crippen molar-refractivity contribution in [2.24, 2.45) is 5.73 Å². The Balaban J connectivity index is 2.35. The first-order valence-electron chi connectivity index (χ1n) is 6.91. The SMILES string of the molecule is COc1cccc(N(C)Cc2ccccc2F)c1C(C)N. The molecule has 0 aliphatic rings. The van der Waals surface area contributed by atoms with Crippen LogP contribution in [-0.4, -0.2) is 14.2 Å². The minimum Gasteiger partial charge on any atom is -0.496 e.